The Morgan fingerprint density at radius 2 is 1.80 bits per heavy atom. The van der Waals surface area contributed by atoms with Crippen LogP contribution < -0.4 is 0 Å². The van der Waals surface area contributed by atoms with Crippen LogP contribution in [0.2, 0.25) is 0 Å². The predicted molar refractivity (Wildman–Crippen MR) is 68.6 cm³/mol. The van der Waals surface area contributed by atoms with E-state index in [2.05, 4.69) is 0 Å². The Hall–Kier alpha value is -1.47. The maximum atomic E-state index is 11.8. The minimum absolute atomic E-state index is 0.0421. The number of aliphatic hydroxyl groups is 3. The lowest BCUT2D eigenvalue weighted by Crippen LogP contribution is -2.57. The molecule has 0 spiro atoms. The van der Waals surface area contributed by atoms with Crippen LogP contribution in [-0.4, -0.2) is 52.0 Å². The summed E-state index contributed by atoms with van der Waals surface area (Å²) in [4.78, 5) is 11.8. The normalized spacial score (nSPS) is 33.7. The number of hydrogen-bond donors (Lipinski definition) is 3. The highest BCUT2D eigenvalue weighted by Gasteiger charge is 2.43. The molecular formula is C14H18O6. The van der Waals surface area contributed by atoms with Crippen LogP contribution in [-0.2, 0) is 20.7 Å². The Kier molecular flexibility index (Phi) is 4.72. The molecule has 0 aromatic heterocycles. The predicted octanol–water partition coefficient (Wildman–Crippen LogP) is -0.400. The van der Waals surface area contributed by atoms with Crippen molar-refractivity contribution in [3.63, 3.8) is 0 Å². The zero-order valence-corrected chi connectivity index (χ0v) is 11.0. The topological polar surface area (TPSA) is 96.2 Å². The van der Waals surface area contributed by atoms with E-state index in [4.69, 9.17) is 9.47 Å². The van der Waals surface area contributed by atoms with Crippen molar-refractivity contribution in [3.05, 3.63) is 35.9 Å². The van der Waals surface area contributed by atoms with E-state index >= 15 is 0 Å². The standard InChI is InChI=1S/C14H18O6/c1-8-11(16)12(17)13(18)14(19-8)20-10(15)7-9-5-3-2-4-6-9/h2-6,8,11-14,16-18H,7H2,1H3/t8-,11+,12-,13-,14+/m1/s1. The average molecular weight is 282 g/mol. The van der Waals surface area contributed by atoms with E-state index in [1.165, 1.54) is 6.92 Å². The molecule has 0 bridgehead atoms. The van der Waals surface area contributed by atoms with Crippen LogP contribution in [0.4, 0.5) is 0 Å². The second-order valence-corrected chi connectivity index (χ2v) is 4.83. The second kappa shape index (κ2) is 6.32. The first-order valence-electron chi connectivity index (χ1n) is 6.42. The molecule has 0 saturated carbocycles. The molecule has 5 atom stereocenters. The Balaban J connectivity index is 1.94. The molecule has 1 aromatic rings. The SMILES string of the molecule is C[C@H]1O[C@@H](OC(=O)Cc2ccccc2)[C@H](O)[C@H](O)[C@H]1O. The molecule has 0 amide bonds. The fourth-order valence-electron chi connectivity index (χ4n) is 2.04. The number of ether oxygens (including phenoxy) is 2. The van der Waals surface area contributed by atoms with Crippen molar-refractivity contribution in [1.82, 2.24) is 0 Å². The lowest BCUT2D eigenvalue weighted by molar-refractivity contribution is -0.284. The summed E-state index contributed by atoms with van der Waals surface area (Å²) >= 11 is 0. The number of carbonyl (C=O) groups is 1. The van der Waals surface area contributed by atoms with Gasteiger partial charge in [0, 0.05) is 0 Å². The lowest BCUT2D eigenvalue weighted by Gasteiger charge is -2.38. The van der Waals surface area contributed by atoms with Crippen LogP contribution in [0, 0.1) is 0 Å². The number of carbonyl (C=O) groups excluding carboxylic acids is 1. The van der Waals surface area contributed by atoms with Crippen LogP contribution in [0.25, 0.3) is 0 Å². The van der Waals surface area contributed by atoms with E-state index in [0.29, 0.717) is 0 Å². The van der Waals surface area contributed by atoms with Crippen molar-refractivity contribution < 1.29 is 29.6 Å². The van der Waals surface area contributed by atoms with Crippen LogP contribution in [0.15, 0.2) is 30.3 Å². The zero-order valence-electron chi connectivity index (χ0n) is 11.0. The van der Waals surface area contributed by atoms with Crippen molar-refractivity contribution in [3.8, 4) is 0 Å². The largest absolute Gasteiger partial charge is 0.432 e. The molecule has 1 fully saturated rings. The number of aliphatic hydroxyl groups excluding tert-OH is 3. The summed E-state index contributed by atoms with van der Waals surface area (Å²) < 4.78 is 10.2. The van der Waals surface area contributed by atoms with Gasteiger partial charge in [0.2, 0.25) is 6.29 Å². The molecule has 3 N–H and O–H groups in total. The summed E-state index contributed by atoms with van der Waals surface area (Å²) in [5, 5.41) is 28.9. The first kappa shape index (κ1) is 14.9. The van der Waals surface area contributed by atoms with Crippen molar-refractivity contribution in [2.24, 2.45) is 0 Å². The smallest absolute Gasteiger partial charge is 0.312 e. The Morgan fingerprint density at radius 1 is 1.15 bits per heavy atom. The second-order valence-electron chi connectivity index (χ2n) is 4.83. The fourth-order valence-corrected chi connectivity index (χ4v) is 2.04. The zero-order chi connectivity index (χ0) is 14.7. The molecule has 110 valence electrons. The van der Waals surface area contributed by atoms with Gasteiger partial charge in [0.1, 0.15) is 18.3 Å². The number of rotatable bonds is 3. The highest BCUT2D eigenvalue weighted by molar-refractivity contribution is 5.72. The van der Waals surface area contributed by atoms with Crippen molar-refractivity contribution in [2.75, 3.05) is 0 Å². The van der Waals surface area contributed by atoms with E-state index in [1.807, 2.05) is 6.07 Å². The van der Waals surface area contributed by atoms with Crippen LogP contribution in [0.5, 0.6) is 0 Å². The van der Waals surface area contributed by atoms with Crippen LogP contribution >= 0.6 is 0 Å². The van der Waals surface area contributed by atoms with Crippen molar-refractivity contribution in [1.29, 1.82) is 0 Å². The third-order valence-corrected chi connectivity index (χ3v) is 3.25. The van der Waals surface area contributed by atoms with Gasteiger partial charge in [-0.2, -0.15) is 0 Å². The van der Waals surface area contributed by atoms with Crippen molar-refractivity contribution >= 4 is 5.97 Å². The summed E-state index contributed by atoms with van der Waals surface area (Å²) in [5.74, 6) is -0.573. The molecule has 2 rings (SSSR count). The molecule has 0 unspecified atom stereocenters. The molecule has 1 aliphatic rings. The van der Waals surface area contributed by atoms with Gasteiger partial charge in [-0.1, -0.05) is 30.3 Å². The van der Waals surface area contributed by atoms with Gasteiger partial charge >= 0.3 is 5.97 Å². The average Bonchev–Trinajstić information content (AvgIpc) is 2.43. The van der Waals surface area contributed by atoms with Crippen LogP contribution in [0.1, 0.15) is 12.5 Å². The Labute approximate surface area is 116 Å². The summed E-state index contributed by atoms with van der Waals surface area (Å²) in [7, 11) is 0. The summed E-state index contributed by atoms with van der Waals surface area (Å²) in [6, 6.07) is 9.00. The van der Waals surface area contributed by atoms with Gasteiger partial charge in [-0.15, -0.1) is 0 Å². The van der Waals surface area contributed by atoms with Gasteiger partial charge in [-0.25, -0.2) is 0 Å². The van der Waals surface area contributed by atoms with E-state index in [1.54, 1.807) is 24.3 Å². The minimum Gasteiger partial charge on any atom is -0.432 e. The molecule has 6 heteroatoms. The Bertz CT molecular complexity index is 448. The van der Waals surface area contributed by atoms with E-state index in [-0.39, 0.29) is 6.42 Å². The third kappa shape index (κ3) is 3.34. The molecule has 1 aliphatic heterocycles. The molecular weight excluding hydrogens is 264 g/mol. The van der Waals surface area contributed by atoms with Crippen molar-refractivity contribution in [2.45, 2.75) is 44.1 Å². The first-order chi connectivity index (χ1) is 9.49. The lowest BCUT2D eigenvalue weighted by atomic mass is 10.00. The summed E-state index contributed by atoms with van der Waals surface area (Å²) in [6.07, 6.45) is -6.06. The monoisotopic (exact) mass is 282 g/mol. The fraction of sp³-hybridized carbons (Fsp3) is 0.500. The maximum Gasteiger partial charge on any atom is 0.312 e. The highest BCUT2D eigenvalue weighted by Crippen LogP contribution is 2.22. The Morgan fingerprint density at radius 3 is 2.45 bits per heavy atom. The molecule has 1 aromatic carbocycles. The van der Waals surface area contributed by atoms with Crippen LogP contribution in [0.3, 0.4) is 0 Å². The van der Waals surface area contributed by atoms with Gasteiger partial charge in [0.25, 0.3) is 0 Å². The summed E-state index contributed by atoms with van der Waals surface area (Å²) in [5.41, 5.74) is 0.774. The molecule has 0 radical (unpaired) electrons. The maximum absolute atomic E-state index is 11.8. The summed E-state index contributed by atoms with van der Waals surface area (Å²) in [6.45, 7) is 1.53. The molecule has 1 heterocycles. The van der Waals surface area contributed by atoms with Gasteiger partial charge in [-0.3, -0.25) is 4.79 Å². The molecule has 6 nitrogen and oxygen atoms in total. The van der Waals surface area contributed by atoms with E-state index in [0.717, 1.165) is 5.56 Å². The van der Waals surface area contributed by atoms with E-state index < -0.39 is 36.7 Å². The quantitative estimate of drug-likeness (QED) is 0.653. The first-order valence-corrected chi connectivity index (χ1v) is 6.42. The number of esters is 1. The molecule has 20 heavy (non-hydrogen) atoms. The minimum atomic E-state index is -1.47. The van der Waals surface area contributed by atoms with Gasteiger partial charge < -0.3 is 24.8 Å². The van der Waals surface area contributed by atoms with Gasteiger partial charge in [0.05, 0.1) is 12.5 Å². The molecule has 0 aliphatic carbocycles. The molecule has 1 saturated heterocycles. The highest BCUT2D eigenvalue weighted by atomic mass is 16.7. The number of benzene rings is 1. The number of hydrogen-bond acceptors (Lipinski definition) is 6. The van der Waals surface area contributed by atoms with Gasteiger partial charge in [0.15, 0.2) is 0 Å². The van der Waals surface area contributed by atoms with Gasteiger partial charge in [-0.05, 0) is 12.5 Å². The van der Waals surface area contributed by atoms with E-state index in [9.17, 15) is 20.1 Å². The third-order valence-electron chi connectivity index (χ3n) is 3.25.